The molecule has 2 aromatic rings. The van der Waals surface area contributed by atoms with Crippen LogP contribution in [0.15, 0.2) is 29.7 Å². The van der Waals surface area contributed by atoms with Gasteiger partial charge >= 0.3 is 0 Å². The molecule has 0 saturated heterocycles. The molecule has 27 heavy (non-hydrogen) atoms. The smallest absolute Gasteiger partial charge is 0.131 e. The Labute approximate surface area is 158 Å². The number of hydrogen-bond acceptors (Lipinski definition) is 7. The first-order chi connectivity index (χ1) is 12.9. The van der Waals surface area contributed by atoms with Crippen molar-refractivity contribution in [2.24, 2.45) is 10.9 Å². The molecular weight excluding hydrogens is 342 g/mol. The zero-order valence-electron chi connectivity index (χ0n) is 15.6. The maximum atomic E-state index is 9.78. The predicted octanol–water partition coefficient (Wildman–Crippen LogP) is 2.84. The molecule has 1 aromatic carbocycles. The third-order valence-electron chi connectivity index (χ3n) is 5.72. The molecule has 1 aromatic heterocycles. The Bertz CT molecular complexity index is 901. The van der Waals surface area contributed by atoms with E-state index in [0.29, 0.717) is 11.5 Å². The Hall–Kier alpha value is -2.67. The Morgan fingerprint density at radius 3 is 2.59 bits per heavy atom. The number of hydrogen-bond donors (Lipinski definition) is 3. The second-order valence-corrected chi connectivity index (χ2v) is 7.92. The average molecular weight is 367 g/mol. The minimum Gasteiger partial charge on any atom is -0.490 e. The number of fused-ring (bicyclic) bond motifs is 3. The molecule has 0 atom stereocenters. The first kappa shape index (κ1) is 17.7. The van der Waals surface area contributed by atoms with Gasteiger partial charge in [0.15, 0.2) is 0 Å². The molecule has 2 aliphatic rings. The lowest BCUT2D eigenvalue weighted by atomic mass is 9.70. The molecule has 0 unspecified atom stereocenters. The van der Waals surface area contributed by atoms with E-state index in [2.05, 4.69) is 15.1 Å². The van der Waals surface area contributed by atoms with Gasteiger partial charge in [0.25, 0.3) is 0 Å². The highest BCUT2D eigenvalue weighted by molar-refractivity contribution is 6.15. The van der Waals surface area contributed by atoms with E-state index in [1.165, 1.54) is 6.33 Å². The fraction of sp³-hybridized carbons (Fsp3) is 0.450. The van der Waals surface area contributed by atoms with Crippen LogP contribution in [0, 0.1) is 0 Å². The number of ether oxygens (including phenoxy) is 1. The highest BCUT2D eigenvalue weighted by atomic mass is 16.5. The molecule has 0 aliphatic heterocycles. The van der Waals surface area contributed by atoms with Gasteiger partial charge in [-0.05, 0) is 57.7 Å². The van der Waals surface area contributed by atoms with Gasteiger partial charge < -0.3 is 21.4 Å². The Balaban J connectivity index is 1.76. The molecule has 5 N–H and O–H groups in total. The second-order valence-electron chi connectivity index (χ2n) is 7.92. The quantitative estimate of drug-likeness (QED) is 0.554. The molecule has 1 fully saturated rings. The van der Waals surface area contributed by atoms with Gasteiger partial charge in [-0.3, -0.25) is 0 Å². The van der Waals surface area contributed by atoms with Gasteiger partial charge in [0.05, 0.1) is 17.5 Å². The fourth-order valence-electron chi connectivity index (χ4n) is 4.25. The molecule has 0 spiro atoms. The molecule has 0 bridgehead atoms. The van der Waals surface area contributed by atoms with Gasteiger partial charge in [-0.25, -0.2) is 9.97 Å². The summed E-state index contributed by atoms with van der Waals surface area (Å²) in [6.45, 7) is 3.92. The van der Waals surface area contributed by atoms with E-state index in [4.69, 9.17) is 16.2 Å². The Morgan fingerprint density at radius 2 is 1.89 bits per heavy atom. The van der Waals surface area contributed by atoms with Crippen molar-refractivity contribution in [1.29, 1.82) is 0 Å². The van der Waals surface area contributed by atoms with Crippen LogP contribution in [0.5, 0.6) is 5.75 Å². The zero-order chi connectivity index (χ0) is 19.2. The van der Waals surface area contributed by atoms with Crippen LogP contribution < -0.4 is 16.2 Å². The van der Waals surface area contributed by atoms with Crippen molar-refractivity contribution in [3.8, 4) is 17.0 Å². The maximum absolute atomic E-state index is 9.78. The van der Waals surface area contributed by atoms with Crippen LogP contribution in [0.2, 0.25) is 0 Å². The monoisotopic (exact) mass is 367 g/mol. The number of rotatable bonds is 2. The molecule has 7 nitrogen and oxygen atoms in total. The van der Waals surface area contributed by atoms with Gasteiger partial charge in [0, 0.05) is 28.1 Å². The maximum Gasteiger partial charge on any atom is 0.131 e. The summed E-state index contributed by atoms with van der Waals surface area (Å²) >= 11 is 0. The third kappa shape index (κ3) is 2.92. The molecule has 0 amide bonds. The lowest BCUT2D eigenvalue weighted by Crippen LogP contribution is -2.36. The number of aromatic nitrogens is 2. The third-order valence-corrected chi connectivity index (χ3v) is 5.72. The minimum absolute atomic E-state index is 0.166. The summed E-state index contributed by atoms with van der Waals surface area (Å²) in [6.07, 6.45) is 5.50. The van der Waals surface area contributed by atoms with Crippen LogP contribution in [-0.2, 0) is 5.41 Å². The number of nitrogens with two attached hydrogens (primary N) is 2. The normalized spacial score (nSPS) is 24.9. The van der Waals surface area contributed by atoms with Crippen molar-refractivity contribution < 1.29 is 9.94 Å². The molecule has 0 radical (unpaired) electrons. The first-order valence-corrected chi connectivity index (χ1v) is 9.32. The summed E-state index contributed by atoms with van der Waals surface area (Å²) in [6, 6.07) is 6.10. The van der Waals surface area contributed by atoms with Crippen LogP contribution in [0.25, 0.3) is 11.3 Å². The van der Waals surface area contributed by atoms with E-state index in [9.17, 15) is 5.21 Å². The van der Waals surface area contributed by atoms with E-state index >= 15 is 0 Å². The van der Waals surface area contributed by atoms with Crippen molar-refractivity contribution in [2.75, 3.05) is 5.73 Å². The van der Waals surface area contributed by atoms with Gasteiger partial charge in [-0.1, -0.05) is 5.16 Å². The highest BCUT2D eigenvalue weighted by Crippen LogP contribution is 2.45. The van der Waals surface area contributed by atoms with E-state index in [1.807, 2.05) is 32.0 Å². The molecule has 142 valence electrons. The average Bonchev–Trinajstić information content (AvgIpc) is 2.63. The molecule has 1 heterocycles. The molecule has 1 saturated carbocycles. The van der Waals surface area contributed by atoms with E-state index in [1.54, 1.807) is 0 Å². The SMILES string of the molecule is CC1(C)/C(=N\O)c2cc(O[C@H]3CC[C@H](N)CC3)ccc2-c2ncnc(N)c21. The van der Waals surface area contributed by atoms with Crippen molar-refractivity contribution in [3.05, 3.63) is 35.7 Å². The molecule has 2 aliphatic carbocycles. The van der Waals surface area contributed by atoms with Crippen LogP contribution in [-0.4, -0.2) is 33.0 Å². The van der Waals surface area contributed by atoms with E-state index in [-0.39, 0.29) is 12.1 Å². The van der Waals surface area contributed by atoms with Crippen LogP contribution in [0.1, 0.15) is 50.7 Å². The van der Waals surface area contributed by atoms with Crippen LogP contribution in [0.4, 0.5) is 5.82 Å². The van der Waals surface area contributed by atoms with Crippen LogP contribution >= 0.6 is 0 Å². The van der Waals surface area contributed by atoms with E-state index in [0.717, 1.165) is 53.8 Å². The lowest BCUT2D eigenvalue weighted by molar-refractivity contribution is 0.147. The van der Waals surface area contributed by atoms with Gasteiger partial charge in [-0.2, -0.15) is 0 Å². The number of benzene rings is 1. The summed E-state index contributed by atoms with van der Waals surface area (Å²) in [5.41, 5.74) is 15.2. The summed E-state index contributed by atoms with van der Waals surface area (Å²) in [5, 5.41) is 13.4. The summed E-state index contributed by atoms with van der Waals surface area (Å²) < 4.78 is 6.19. The largest absolute Gasteiger partial charge is 0.490 e. The van der Waals surface area contributed by atoms with Crippen molar-refractivity contribution in [2.45, 2.75) is 57.1 Å². The lowest BCUT2D eigenvalue weighted by Gasteiger charge is -2.34. The second kappa shape index (κ2) is 6.49. The number of nitrogens with zero attached hydrogens (tertiary/aromatic N) is 3. The number of nitrogen functional groups attached to an aromatic ring is 1. The fourth-order valence-corrected chi connectivity index (χ4v) is 4.25. The zero-order valence-corrected chi connectivity index (χ0v) is 15.6. The molecular formula is C20H25N5O2. The van der Waals surface area contributed by atoms with Crippen LogP contribution in [0.3, 0.4) is 0 Å². The summed E-state index contributed by atoms with van der Waals surface area (Å²) in [7, 11) is 0. The summed E-state index contributed by atoms with van der Waals surface area (Å²) in [4.78, 5) is 8.58. The number of anilines is 1. The van der Waals surface area contributed by atoms with Gasteiger partial charge in [0.1, 0.15) is 17.9 Å². The van der Waals surface area contributed by atoms with Crippen molar-refractivity contribution in [1.82, 2.24) is 9.97 Å². The van der Waals surface area contributed by atoms with Crippen molar-refractivity contribution in [3.63, 3.8) is 0 Å². The van der Waals surface area contributed by atoms with Gasteiger partial charge in [0.2, 0.25) is 0 Å². The molecule has 7 heteroatoms. The Kier molecular flexibility index (Phi) is 4.26. The first-order valence-electron chi connectivity index (χ1n) is 9.32. The standard InChI is InChI=1S/C20H25N5O2/c1-20(2)16-17(23-10-24-19(16)22)14-8-7-13(9-15(14)18(20)25-26)27-12-5-3-11(21)4-6-12/h7-12,26H,3-6,21H2,1-2H3,(H2,22,23,24)/b25-18-/t11-,12-. The van der Waals surface area contributed by atoms with E-state index < -0.39 is 5.41 Å². The Morgan fingerprint density at radius 1 is 1.15 bits per heavy atom. The highest BCUT2D eigenvalue weighted by Gasteiger charge is 2.40. The van der Waals surface area contributed by atoms with Gasteiger partial charge in [-0.15, -0.1) is 0 Å². The molecule has 4 rings (SSSR count). The predicted molar refractivity (Wildman–Crippen MR) is 104 cm³/mol. The topological polar surface area (TPSA) is 120 Å². The minimum atomic E-state index is -0.626. The summed E-state index contributed by atoms with van der Waals surface area (Å²) in [5.74, 6) is 1.16. The number of oxime groups is 1. The van der Waals surface area contributed by atoms with Crippen molar-refractivity contribution >= 4 is 11.5 Å².